The molecule has 0 aliphatic heterocycles. The molecule has 0 saturated carbocycles. The second kappa shape index (κ2) is 6.11. The van der Waals surface area contributed by atoms with Gasteiger partial charge in [-0.25, -0.2) is 0 Å². The average Bonchev–Trinajstić information content (AvgIpc) is 3.18. The summed E-state index contributed by atoms with van der Waals surface area (Å²) in [6, 6.07) is 11.5. The van der Waals surface area contributed by atoms with Gasteiger partial charge in [0.05, 0.1) is 4.88 Å². The lowest BCUT2D eigenvalue weighted by Gasteiger charge is -2.12. The quantitative estimate of drug-likeness (QED) is 0.741. The maximum atomic E-state index is 12.2. The molecule has 0 spiro atoms. The van der Waals surface area contributed by atoms with E-state index in [0.717, 1.165) is 5.56 Å². The van der Waals surface area contributed by atoms with Gasteiger partial charge in [-0.2, -0.15) is 4.98 Å². The fraction of sp³-hybridized carbons (Fsp3) is 0.188. The van der Waals surface area contributed by atoms with Crippen molar-refractivity contribution in [1.29, 1.82) is 0 Å². The van der Waals surface area contributed by atoms with E-state index >= 15 is 0 Å². The zero-order valence-corrected chi connectivity index (χ0v) is 13.1. The standard InChI is InChI=1S/C16H15N3O2S/c1-11-5-7-12(8-6-11)15-17-14(21-18-15)10-19(2)16(20)13-4-3-9-22-13/h3-9H,10H2,1-2H3. The number of thiophene rings is 1. The molecule has 0 aliphatic carbocycles. The highest BCUT2D eigenvalue weighted by atomic mass is 32.1. The third-order valence-corrected chi connectivity index (χ3v) is 4.09. The van der Waals surface area contributed by atoms with Gasteiger partial charge in [-0.15, -0.1) is 11.3 Å². The Morgan fingerprint density at radius 3 is 2.73 bits per heavy atom. The van der Waals surface area contributed by atoms with Crippen LogP contribution in [0.5, 0.6) is 0 Å². The molecule has 2 heterocycles. The fourth-order valence-electron chi connectivity index (χ4n) is 2.00. The minimum Gasteiger partial charge on any atom is -0.337 e. The number of rotatable bonds is 4. The fourth-order valence-corrected chi connectivity index (χ4v) is 2.72. The van der Waals surface area contributed by atoms with E-state index in [2.05, 4.69) is 10.1 Å². The molecule has 2 aromatic heterocycles. The Morgan fingerprint density at radius 2 is 2.05 bits per heavy atom. The largest absolute Gasteiger partial charge is 0.337 e. The highest BCUT2D eigenvalue weighted by molar-refractivity contribution is 7.12. The summed E-state index contributed by atoms with van der Waals surface area (Å²) in [5, 5.41) is 5.85. The van der Waals surface area contributed by atoms with Crippen LogP contribution >= 0.6 is 11.3 Å². The first-order chi connectivity index (χ1) is 10.6. The third-order valence-electron chi connectivity index (χ3n) is 3.23. The summed E-state index contributed by atoms with van der Waals surface area (Å²) in [5.74, 6) is 0.903. The molecule has 0 aliphatic rings. The Balaban J connectivity index is 1.71. The van der Waals surface area contributed by atoms with Crippen LogP contribution in [0.2, 0.25) is 0 Å². The molecule has 5 nitrogen and oxygen atoms in total. The lowest BCUT2D eigenvalue weighted by atomic mass is 10.1. The number of hydrogen-bond acceptors (Lipinski definition) is 5. The Hall–Kier alpha value is -2.47. The molecule has 0 bridgehead atoms. The molecular weight excluding hydrogens is 298 g/mol. The summed E-state index contributed by atoms with van der Waals surface area (Å²) in [6.45, 7) is 2.31. The smallest absolute Gasteiger partial charge is 0.264 e. The molecule has 0 saturated heterocycles. The number of carbonyl (C=O) groups excluding carboxylic acids is 1. The van der Waals surface area contributed by atoms with Gasteiger partial charge in [-0.05, 0) is 18.4 Å². The lowest BCUT2D eigenvalue weighted by Crippen LogP contribution is -2.25. The number of aryl methyl sites for hydroxylation is 1. The summed E-state index contributed by atoms with van der Waals surface area (Å²) in [4.78, 5) is 18.8. The zero-order chi connectivity index (χ0) is 15.5. The van der Waals surface area contributed by atoms with E-state index in [0.29, 0.717) is 16.6 Å². The minimum absolute atomic E-state index is 0.0508. The first-order valence-corrected chi connectivity index (χ1v) is 7.70. The number of nitrogens with zero attached hydrogens (tertiary/aromatic N) is 3. The molecule has 3 aromatic rings. The van der Waals surface area contributed by atoms with Crippen LogP contribution in [0.3, 0.4) is 0 Å². The molecule has 6 heteroatoms. The molecule has 22 heavy (non-hydrogen) atoms. The van der Waals surface area contributed by atoms with Crippen molar-refractivity contribution >= 4 is 17.2 Å². The van der Waals surface area contributed by atoms with Crippen molar-refractivity contribution in [2.45, 2.75) is 13.5 Å². The molecule has 0 radical (unpaired) electrons. The molecule has 0 unspecified atom stereocenters. The van der Waals surface area contributed by atoms with Crippen LogP contribution in [0.1, 0.15) is 21.1 Å². The number of benzene rings is 1. The second-order valence-electron chi connectivity index (χ2n) is 5.02. The summed E-state index contributed by atoms with van der Waals surface area (Å²) in [6.07, 6.45) is 0. The summed E-state index contributed by atoms with van der Waals surface area (Å²) < 4.78 is 5.24. The van der Waals surface area contributed by atoms with E-state index in [1.807, 2.05) is 42.6 Å². The van der Waals surface area contributed by atoms with Crippen LogP contribution in [0.15, 0.2) is 46.3 Å². The molecular formula is C16H15N3O2S. The molecule has 1 aromatic carbocycles. The van der Waals surface area contributed by atoms with Crippen molar-refractivity contribution in [3.05, 3.63) is 58.1 Å². The SMILES string of the molecule is Cc1ccc(-c2noc(CN(C)C(=O)c3cccs3)n2)cc1. The van der Waals surface area contributed by atoms with E-state index in [4.69, 9.17) is 4.52 Å². The van der Waals surface area contributed by atoms with Crippen molar-refractivity contribution in [3.8, 4) is 11.4 Å². The van der Waals surface area contributed by atoms with E-state index in [1.54, 1.807) is 18.0 Å². The van der Waals surface area contributed by atoms with Crippen molar-refractivity contribution < 1.29 is 9.32 Å². The van der Waals surface area contributed by atoms with E-state index in [-0.39, 0.29) is 12.5 Å². The summed E-state index contributed by atoms with van der Waals surface area (Å²) in [7, 11) is 1.72. The van der Waals surface area contributed by atoms with Gasteiger partial charge in [0.2, 0.25) is 11.7 Å². The van der Waals surface area contributed by atoms with Gasteiger partial charge in [-0.1, -0.05) is 41.1 Å². The van der Waals surface area contributed by atoms with Crippen molar-refractivity contribution in [3.63, 3.8) is 0 Å². The van der Waals surface area contributed by atoms with E-state index in [1.165, 1.54) is 16.9 Å². The predicted octanol–water partition coefficient (Wildman–Crippen LogP) is 3.38. The van der Waals surface area contributed by atoms with Crippen LogP contribution < -0.4 is 0 Å². The molecule has 112 valence electrons. The van der Waals surface area contributed by atoms with E-state index < -0.39 is 0 Å². The van der Waals surface area contributed by atoms with Crippen LogP contribution in [-0.4, -0.2) is 28.0 Å². The van der Waals surface area contributed by atoms with Gasteiger partial charge < -0.3 is 9.42 Å². The topological polar surface area (TPSA) is 59.2 Å². The van der Waals surface area contributed by atoms with Crippen molar-refractivity contribution in [2.75, 3.05) is 7.05 Å². The van der Waals surface area contributed by atoms with Gasteiger partial charge in [0.15, 0.2) is 0 Å². The maximum Gasteiger partial charge on any atom is 0.264 e. The first kappa shape index (κ1) is 14.5. The van der Waals surface area contributed by atoms with E-state index in [9.17, 15) is 4.79 Å². The van der Waals surface area contributed by atoms with Gasteiger partial charge in [0, 0.05) is 12.6 Å². The van der Waals surface area contributed by atoms with Gasteiger partial charge >= 0.3 is 0 Å². The highest BCUT2D eigenvalue weighted by Gasteiger charge is 2.16. The van der Waals surface area contributed by atoms with Crippen molar-refractivity contribution in [1.82, 2.24) is 15.0 Å². The first-order valence-electron chi connectivity index (χ1n) is 6.82. The molecule has 0 atom stereocenters. The normalized spacial score (nSPS) is 10.6. The Bertz CT molecular complexity index is 763. The Kier molecular flexibility index (Phi) is 4.02. The summed E-state index contributed by atoms with van der Waals surface area (Å²) >= 11 is 1.42. The number of hydrogen-bond donors (Lipinski definition) is 0. The second-order valence-corrected chi connectivity index (χ2v) is 5.96. The zero-order valence-electron chi connectivity index (χ0n) is 12.3. The molecule has 0 fully saturated rings. The average molecular weight is 313 g/mol. The molecule has 3 rings (SSSR count). The number of aromatic nitrogens is 2. The Morgan fingerprint density at radius 1 is 1.27 bits per heavy atom. The van der Waals surface area contributed by atoms with Crippen LogP contribution in [0.4, 0.5) is 0 Å². The lowest BCUT2D eigenvalue weighted by molar-refractivity contribution is 0.0774. The Labute approximate surface area is 132 Å². The molecule has 1 amide bonds. The molecule has 0 N–H and O–H groups in total. The van der Waals surface area contributed by atoms with Crippen LogP contribution in [0, 0.1) is 6.92 Å². The van der Waals surface area contributed by atoms with Gasteiger partial charge in [0.1, 0.15) is 6.54 Å². The predicted molar refractivity (Wildman–Crippen MR) is 84.6 cm³/mol. The van der Waals surface area contributed by atoms with Crippen LogP contribution in [-0.2, 0) is 6.54 Å². The summed E-state index contributed by atoms with van der Waals surface area (Å²) in [5.41, 5.74) is 2.07. The van der Waals surface area contributed by atoms with Crippen molar-refractivity contribution in [2.24, 2.45) is 0 Å². The number of amides is 1. The number of carbonyl (C=O) groups is 1. The highest BCUT2D eigenvalue weighted by Crippen LogP contribution is 2.17. The minimum atomic E-state index is -0.0508. The maximum absolute atomic E-state index is 12.2. The van der Waals surface area contributed by atoms with Crippen LogP contribution in [0.25, 0.3) is 11.4 Å². The van der Waals surface area contributed by atoms with Gasteiger partial charge in [0.25, 0.3) is 5.91 Å². The van der Waals surface area contributed by atoms with Gasteiger partial charge in [-0.3, -0.25) is 4.79 Å². The third kappa shape index (κ3) is 3.07. The monoisotopic (exact) mass is 313 g/mol.